The third-order valence-electron chi connectivity index (χ3n) is 3.39. The third-order valence-corrected chi connectivity index (χ3v) is 4.92. The van der Waals surface area contributed by atoms with E-state index in [0.717, 1.165) is 0 Å². The fraction of sp³-hybridized carbons (Fsp3) is 0.385. The van der Waals surface area contributed by atoms with E-state index in [1.807, 2.05) is 6.07 Å². The van der Waals surface area contributed by atoms with Crippen LogP contribution in [-0.4, -0.2) is 38.2 Å². The number of carboxylic acid groups (broad SMARTS) is 1. The van der Waals surface area contributed by atoms with Gasteiger partial charge in [-0.05, 0) is 30.7 Å². The van der Waals surface area contributed by atoms with Gasteiger partial charge in [0.25, 0.3) is 0 Å². The van der Waals surface area contributed by atoms with Crippen LogP contribution in [0.25, 0.3) is 0 Å². The second-order valence-electron chi connectivity index (χ2n) is 4.88. The molecule has 0 aromatic heterocycles. The van der Waals surface area contributed by atoms with Crippen LogP contribution in [0.1, 0.15) is 17.5 Å². The number of hydrogen-bond donors (Lipinski definition) is 2. The molecule has 1 unspecified atom stereocenters. The second-order valence-corrected chi connectivity index (χ2v) is 6.57. The molecule has 1 fully saturated rings. The molecule has 8 heteroatoms. The largest absolute Gasteiger partial charge is 0.480 e. The van der Waals surface area contributed by atoms with E-state index in [4.69, 9.17) is 10.00 Å². The maximum absolute atomic E-state index is 12.3. The number of rotatable bonds is 4. The van der Waals surface area contributed by atoms with Gasteiger partial charge in [0, 0.05) is 13.0 Å². The van der Waals surface area contributed by atoms with Gasteiger partial charge in [-0.15, -0.1) is 0 Å². The smallest absolute Gasteiger partial charge is 0.327 e. The van der Waals surface area contributed by atoms with Crippen molar-refractivity contribution in [2.45, 2.75) is 23.8 Å². The summed E-state index contributed by atoms with van der Waals surface area (Å²) in [5.41, 5.74) is -0.765. The van der Waals surface area contributed by atoms with Gasteiger partial charge in [-0.3, -0.25) is 4.79 Å². The molecule has 0 bridgehead atoms. The molecular formula is C13H14N2O5S. The number of nitrogens with one attached hydrogen (secondary N) is 1. The highest BCUT2D eigenvalue weighted by Gasteiger charge is 2.46. The molecule has 21 heavy (non-hydrogen) atoms. The van der Waals surface area contributed by atoms with Crippen LogP contribution in [0.4, 0.5) is 0 Å². The van der Waals surface area contributed by atoms with Gasteiger partial charge in [0.05, 0.1) is 23.1 Å². The Bertz CT molecular complexity index is 715. The van der Waals surface area contributed by atoms with Crippen LogP contribution in [-0.2, 0) is 19.6 Å². The minimum absolute atomic E-state index is 0.0663. The maximum atomic E-state index is 12.3. The summed E-state index contributed by atoms with van der Waals surface area (Å²) in [4.78, 5) is 11.3. The summed E-state index contributed by atoms with van der Waals surface area (Å²) in [6.07, 6.45) is 0.0663. The molecule has 0 saturated carbocycles. The Balaban J connectivity index is 2.37. The van der Waals surface area contributed by atoms with Crippen molar-refractivity contribution in [2.24, 2.45) is 0 Å². The molecule has 0 spiro atoms. The van der Waals surface area contributed by atoms with Crippen molar-refractivity contribution in [2.75, 3.05) is 13.2 Å². The number of hydrogen-bond acceptors (Lipinski definition) is 5. The van der Waals surface area contributed by atoms with Crippen molar-refractivity contribution >= 4 is 16.0 Å². The highest BCUT2D eigenvalue weighted by Crippen LogP contribution is 2.23. The first-order chi connectivity index (χ1) is 9.81. The lowest BCUT2D eigenvalue weighted by Gasteiger charge is -2.23. The average Bonchev–Trinajstić information content (AvgIpc) is 2.87. The molecule has 1 aromatic carbocycles. The molecule has 0 aliphatic carbocycles. The van der Waals surface area contributed by atoms with Crippen LogP contribution >= 0.6 is 0 Å². The summed E-state index contributed by atoms with van der Waals surface area (Å²) in [6, 6.07) is 5.95. The summed E-state index contributed by atoms with van der Waals surface area (Å²) >= 11 is 0. The summed E-state index contributed by atoms with van der Waals surface area (Å²) in [5.74, 6) is -1.27. The van der Waals surface area contributed by atoms with Gasteiger partial charge >= 0.3 is 5.97 Å². The molecular weight excluding hydrogens is 296 g/mol. The van der Waals surface area contributed by atoms with Gasteiger partial charge in [-0.2, -0.15) is 9.98 Å². The Hall–Kier alpha value is -1.95. The minimum atomic E-state index is -4.01. The van der Waals surface area contributed by atoms with E-state index in [9.17, 15) is 18.3 Å². The van der Waals surface area contributed by atoms with Crippen molar-refractivity contribution in [1.29, 1.82) is 5.26 Å². The lowest BCUT2D eigenvalue weighted by molar-refractivity contribution is -0.144. The normalized spacial score (nSPS) is 21.9. The predicted octanol–water partition coefficient (Wildman–Crippen LogP) is 0.389. The van der Waals surface area contributed by atoms with E-state index in [0.29, 0.717) is 11.1 Å². The Morgan fingerprint density at radius 3 is 2.71 bits per heavy atom. The Labute approximate surface area is 122 Å². The van der Waals surface area contributed by atoms with Gasteiger partial charge in [-0.1, -0.05) is 0 Å². The fourth-order valence-corrected chi connectivity index (χ4v) is 3.56. The van der Waals surface area contributed by atoms with Crippen molar-refractivity contribution in [1.82, 2.24) is 4.72 Å². The SMILES string of the molecule is Cc1cc(S(=O)(=O)NC2(C(=O)O)CCOC2)ccc1C#N. The zero-order chi connectivity index (χ0) is 15.7. The first kappa shape index (κ1) is 15.4. The molecule has 1 saturated heterocycles. The lowest BCUT2D eigenvalue weighted by Crippen LogP contribution is -2.54. The van der Waals surface area contributed by atoms with Gasteiger partial charge in [0.1, 0.15) is 0 Å². The number of nitriles is 1. The Kier molecular flexibility index (Phi) is 4.00. The molecule has 1 aliphatic heterocycles. The van der Waals surface area contributed by atoms with Gasteiger partial charge in [-0.25, -0.2) is 8.42 Å². The molecule has 1 heterocycles. The highest BCUT2D eigenvalue weighted by molar-refractivity contribution is 7.89. The van der Waals surface area contributed by atoms with Crippen molar-refractivity contribution in [3.63, 3.8) is 0 Å². The van der Waals surface area contributed by atoms with E-state index in [2.05, 4.69) is 4.72 Å². The first-order valence-corrected chi connectivity index (χ1v) is 7.65. The number of sulfonamides is 1. The number of benzene rings is 1. The zero-order valence-corrected chi connectivity index (χ0v) is 12.1. The number of ether oxygens (including phenoxy) is 1. The van der Waals surface area contributed by atoms with Crippen LogP contribution in [0.2, 0.25) is 0 Å². The third kappa shape index (κ3) is 2.90. The van der Waals surface area contributed by atoms with Crippen LogP contribution in [0.5, 0.6) is 0 Å². The minimum Gasteiger partial charge on any atom is -0.480 e. The number of aliphatic carboxylic acids is 1. The lowest BCUT2D eigenvalue weighted by atomic mass is 10.0. The number of nitrogens with zero attached hydrogens (tertiary/aromatic N) is 1. The van der Waals surface area contributed by atoms with Crippen molar-refractivity contribution in [3.8, 4) is 6.07 Å². The Morgan fingerprint density at radius 2 is 2.24 bits per heavy atom. The fourth-order valence-electron chi connectivity index (χ4n) is 2.10. The van der Waals surface area contributed by atoms with Crippen molar-refractivity contribution in [3.05, 3.63) is 29.3 Å². The van der Waals surface area contributed by atoms with Gasteiger partial charge < -0.3 is 9.84 Å². The number of aryl methyl sites for hydroxylation is 1. The van der Waals surface area contributed by atoms with Crippen LogP contribution in [0.3, 0.4) is 0 Å². The maximum Gasteiger partial charge on any atom is 0.327 e. The number of carbonyl (C=O) groups is 1. The van der Waals surface area contributed by atoms with Crippen LogP contribution in [0.15, 0.2) is 23.1 Å². The average molecular weight is 310 g/mol. The zero-order valence-electron chi connectivity index (χ0n) is 11.3. The van der Waals surface area contributed by atoms with Gasteiger partial charge in [0.15, 0.2) is 5.54 Å². The molecule has 2 N–H and O–H groups in total. The van der Waals surface area contributed by atoms with Gasteiger partial charge in [0.2, 0.25) is 10.0 Å². The van der Waals surface area contributed by atoms with E-state index < -0.39 is 21.5 Å². The predicted molar refractivity (Wildman–Crippen MR) is 72.0 cm³/mol. The topological polar surface area (TPSA) is 116 Å². The van der Waals surface area contributed by atoms with Crippen LogP contribution < -0.4 is 4.72 Å². The molecule has 7 nitrogen and oxygen atoms in total. The monoisotopic (exact) mass is 310 g/mol. The highest BCUT2D eigenvalue weighted by atomic mass is 32.2. The molecule has 1 aliphatic rings. The Morgan fingerprint density at radius 1 is 1.52 bits per heavy atom. The quantitative estimate of drug-likeness (QED) is 0.831. The molecule has 1 atom stereocenters. The van der Waals surface area contributed by atoms with E-state index >= 15 is 0 Å². The summed E-state index contributed by atoms with van der Waals surface area (Å²) in [5, 5.41) is 18.1. The molecule has 0 amide bonds. The molecule has 112 valence electrons. The standard InChI is InChI=1S/C13H14N2O5S/c1-9-6-11(3-2-10(9)7-14)21(18,19)15-13(12(16)17)4-5-20-8-13/h2-3,6,15H,4-5,8H2,1H3,(H,16,17). The van der Waals surface area contributed by atoms with E-state index in [-0.39, 0.29) is 24.5 Å². The summed E-state index contributed by atoms with van der Waals surface area (Å²) in [6.45, 7) is 1.58. The van der Waals surface area contributed by atoms with E-state index in [1.165, 1.54) is 18.2 Å². The van der Waals surface area contributed by atoms with Crippen molar-refractivity contribution < 1.29 is 23.1 Å². The summed E-state index contributed by atoms with van der Waals surface area (Å²) < 4.78 is 31.9. The number of carboxylic acids is 1. The molecule has 1 aromatic rings. The molecule has 2 rings (SSSR count). The van der Waals surface area contributed by atoms with E-state index in [1.54, 1.807) is 6.92 Å². The second kappa shape index (κ2) is 5.44. The first-order valence-electron chi connectivity index (χ1n) is 6.17. The molecule has 0 radical (unpaired) electrons. The van der Waals surface area contributed by atoms with Crippen LogP contribution in [0, 0.1) is 18.3 Å². The summed E-state index contributed by atoms with van der Waals surface area (Å²) in [7, 11) is -4.01.